The number of imidazole rings is 1. The zero-order valence-electron chi connectivity index (χ0n) is 17.8. The second kappa shape index (κ2) is 10.8. The van der Waals surface area contributed by atoms with Crippen molar-refractivity contribution in [3.05, 3.63) is 72.2 Å². The molecule has 0 bridgehead atoms. The number of carbonyl (C=O) groups is 1. The largest absolute Gasteiger partial charge is 0.484 e. The predicted octanol–water partition coefficient (Wildman–Crippen LogP) is 2.19. The Kier molecular flexibility index (Phi) is 7.64. The van der Waals surface area contributed by atoms with E-state index in [1.54, 1.807) is 7.05 Å². The van der Waals surface area contributed by atoms with Crippen LogP contribution in [0.25, 0.3) is 11.3 Å². The maximum Gasteiger partial charge on any atom is 0.255 e. The summed E-state index contributed by atoms with van der Waals surface area (Å²) in [6.45, 7) is 1.22. The van der Waals surface area contributed by atoms with Gasteiger partial charge < -0.3 is 25.7 Å². The molecule has 0 saturated heterocycles. The Balaban J connectivity index is 1.47. The maximum absolute atomic E-state index is 10.8. The normalized spacial score (nSPS) is 11.2. The van der Waals surface area contributed by atoms with E-state index in [1.807, 2.05) is 60.6 Å². The Bertz CT molecular complexity index is 998. The lowest BCUT2D eigenvalue weighted by atomic mass is 10.1. The smallest absolute Gasteiger partial charge is 0.255 e. The van der Waals surface area contributed by atoms with Crippen LogP contribution in [0.2, 0.25) is 0 Å². The van der Waals surface area contributed by atoms with E-state index in [2.05, 4.69) is 32.4 Å². The monoisotopic (exact) mass is 420 g/mol. The standard InChI is InChI=1S/C23H28N6O2/c1-25-23(26-13-12-17-8-10-19(11-9-17)31-16-21(24)30)29(2)15-22-27-14-20(28-22)18-6-4-3-5-7-18/h3-11,14H,12-13,15-16H2,1-2H3,(H2,24,30)(H,25,26)(H,27,28). The maximum atomic E-state index is 10.8. The highest BCUT2D eigenvalue weighted by atomic mass is 16.5. The van der Waals surface area contributed by atoms with E-state index in [0.29, 0.717) is 12.3 Å². The molecule has 1 amide bonds. The number of aliphatic imine (C=N–C) groups is 1. The molecule has 1 aromatic heterocycles. The topological polar surface area (TPSA) is 109 Å². The summed E-state index contributed by atoms with van der Waals surface area (Å²) in [7, 11) is 3.74. The molecule has 0 spiro atoms. The van der Waals surface area contributed by atoms with Crippen molar-refractivity contribution in [2.45, 2.75) is 13.0 Å². The SMILES string of the molecule is CN=C(NCCc1ccc(OCC(N)=O)cc1)N(C)Cc1ncc(-c2ccccc2)[nH]1. The summed E-state index contributed by atoms with van der Waals surface area (Å²) in [5.41, 5.74) is 8.34. The molecule has 0 saturated carbocycles. The van der Waals surface area contributed by atoms with Gasteiger partial charge in [0.25, 0.3) is 5.91 Å². The van der Waals surface area contributed by atoms with Gasteiger partial charge >= 0.3 is 0 Å². The summed E-state index contributed by atoms with van der Waals surface area (Å²) in [5.74, 6) is 1.80. The number of amides is 1. The van der Waals surface area contributed by atoms with E-state index in [9.17, 15) is 4.79 Å². The van der Waals surface area contributed by atoms with E-state index in [1.165, 1.54) is 0 Å². The lowest BCUT2D eigenvalue weighted by Crippen LogP contribution is -2.39. The summed E-state index contributed by atoms with van der Waals surface area (Å²) < 4.78 is 5.28. The lowest BCUT2D eigenvalue weighted by molar-refractivity contribution is -0.119. The Morgan fingerprint density at radius 3 is 2.61 bits per heavy atom. The number of carbonyl (C=O) groups excluding carboxylic acids is 1. The van der Waals surface area contributed by atoms with Gasteiger partial charge in [-0.1, -0.05) is 42.5 Å². The predicted molar refractivity (Wildman–Crippen MR) is 122 cm³/mol. The fourth-order valence-corrected chi connectivity index (χ4v) is 3.12. The van der Waals surface area contributed by atoms with Crippen LogP contribution in [0.3, 0.4) is 0 Å². The van der Waals surface area contributed by atoms with Crippen molar-refractivity contribution < 1.29 is 9.53 Å². The van der Waals surface area contributed by atoms with Gasteiger partial charge in [0.15, 0.2) is 12.6 Å². The molecule has 0 radical (unpaired) electrons. The number of hydrogen-bond donors (Lipinski definition) is 3. The van der Waals surface area contributed by atoms with Crippen LogP contribution in [-0.4, -0.2) is 54.0 Å². The van der Waals surface area contributed by atoms with E-state index in [0.717, 1.165) is 41.6 Å². The number of aromatic nitrogens is 2. The molecule has 0 unspecified atom stereocenters. The van der Waals surface area contributed by atoms with Gasteiger partial charge in [0.1, 0.15) is 11.6 Å². The second-order valence-electron chi connectivity index (χ2n) is 7.09. The van der Waals surface area contributed by atoms with Gasteiger partial charge in [0.2, 0.25) is 0 Å². The highest BCUT2D eigenvalue weighted by molar-refractivity contribution is 5.79. The molecule has 4 N–H and O–H groups in total. The third kappa shape index (κ3) is 6.60. The molecular weight excluding hydrogens is 392 g/mol. The van der Waals surface area contributed by atoms with Crippen LogP contribution in [0.15, 0.2) is 65.8 Å². The molecule has 3 rings (SSSR count). The Morgan fingerprint density at radius 2 is 1.94 bits per heavy atom. The zero-order chi connectivity index (χ0) is 22.1. The number of aromatic amines is 1. The van der Waals surface area contributed by atoms with Crippen molar-refractivity contribution >= 4 is 11.9 Å². The molecule has 8 nitrogen and oxygen atoms in total. The number of rotatable bonds is 9. The van der Waals surface area contributed by atoms with Crippen molar-refractivity contribution in [3.63, 3.8) is 0 Å². The van der Waals surface area contributed by atoms with Crippen molar-refractivity contribution in [2.75, 3.05) is 27.2 Å². The number of primary amides is 1. The highest BCUT2D eigenvalue weighted by Crippen LogP contribution is 2.16. The van der Waals surface area contributed by atoms with Gasteiger partial charge in [0, 0.05) is 20.6 Å². The summed E-state index contributed by atoms with van der Waals surface area (Å²) in [6.07, 6.45) is 2.67. The Labute approximate surface area is 182 Å². The van der Waals surface area contributed by atoms with Gasteiger partial charge in [-0.15, -0.1) is 0 Å². The molecule has 0 aliphatic heterocycles. The molecule has 1 heterocycles. The second-order valence-corrected chi connectivity index (χ2v) is 7.09. The van der Waals surface area contributed by atoms with E-state index >= 15 is 0 Å². The first kappa shape index (κ1) is 21.9. The van der Waals surface area contributed by atoms with E-state index in [-0.39, 0.29) is 6.61 Å². The number of H-pyrrole nitrogens is 1. The Hall–Kier alpha value is -3.81. The minimum atomic E-state index is -0.491. The third-order valence-corrected chi connectivity index (χ3v) is 4.67. The molecule has 0 fully saturated rings. The fourth-order valence-electron chi connectivity index (χ4n) is 3.12. The number of nitrogens with two attached hydrogens (primary N) is 1. The minimum Gasteiger partial charge on any atom is -0.484 e. The van der Waals surface area contributed by atoms with E-state index < -0.39 is 5.91 Å². The van der Waals surface area contributed by atoms with Crippen LogP contribution < -0.4 is 15.8 Å². The first-order chi connectivity index (χ1) is 15.0. The molecule has 0 aliphatic rings. The summed E-state index contributed by atoms with van der Waals surface area (Å²) in [5, 5.41) is 3.37. The lowest BCUT2D eigenvalue weighted by Gasteiger charge is -2.21. The zero-order valence-corrected chi connectivity index (χ0v) is 17.8. The molecule has 3 aromatic rings. The molecule has 162 valence electrons. The van der Waals surface area contributed by atoms with Crippen LogP contribution in [-0.2, 0) is 17.8 Å². The van der Waals surface area contributed by atoms with Gasteiger partial charge in [-0.3, -0.25) is 9.79 Å². The average molecular weight is 421 g/mol. The molecule has 0 aliphatic carbocycles. The summed E-state index contributed by atoms with van der Waals surface area (Å²) in [6, 6.07) is 17.7. The molecule has 2 aromatic carbocycles. The first-order valence-corrected chi connectivity index (χ1v) is 10.1. The quantitative estimate of drug-likeness (QED) is 0.363. The molecule has 0 atom stereocenters. The van der Waals surface area contributed by atoms with Gasteiger partial charge in [0.05, 0.1) is 18.4 Å². The van der Waals surface area contributed by atoms with E-state index in [4.69, 9.17) is 10.5 Å². The number of nitrogens with zero attached hydrogens (tertiary/aromatic N) is 3. The number of guanidine groups is 1. The van der Waals surface area contributed by atoms with Crippen LogP contribution >= 0.6 is 0 Å². The Morgan fingerprint density at radius 1 is 1.19 bits per heavy atom. The van der Waals surface area contributed by atoms with Crippen LogP contribution in [0, 0.1) is 0 Å². The van der Waals surface area contributed by atoms with Crippen molar-refractivity contribution in [1.29, 1.82) is 0 Å². The molecule has 31 heavy (non-hydrogen) atoms. The van der Waals surface area contributed by atoms with Gasteiger partial charge in [-0.2, -0.15) is 0 Å². The van der Waals surface area contributed by atoms with Gasteiger partial charge in [-0.05, 0) is 29.7 Å². The number of ether oxygens (including phenoxy) is 1. The number of benzene rings is 2. The van der Waals surface area contributed by atoms with Crippen molar-refractivity contribution in [3.8, 4) is 17.0 Å². The molecule has 8 heteroatoms. The van der Waals surface area contributed by atoms with Crippen LogP contribution in [0.4, 0.5) is 0 Å². The summed E-state index contributed by atoms with van der Waals surface area (Å²) in [4.78, 5) is 25.0. The van der Waals surface area contributed by atoms with Crippen LogP contribution in [0.1, 0.15) is 11.4 Å². The fraction of sp³-hybridized carbons (Fsp3) is 0.261. The number of hydrogen-bond acceptors (Lipinski definition) is 4. The molecular formula is C23H28N6O2. The first-order valence-electron chi connectivity index (χ1n) is 10.1. The third-order valence-electron chi connectivity index (χ3n) is 4.67. The number of nitrogens with one attached hydrogen (secondary N) is 2. The average Bonchev–Trinajstić information content (AvgIpc) is 3.25. The minimum absolute atomic E-state index is 0.119. The van der Waals surface area contributed by atoms with Crippen molar-refractivity contribution in [1.82, 2.24) is 20.2 Å². The van der Waals surface area contributed by atoms with Crippen LogP contribution in [0.5, 0.6) is 5.75 Å². The summed E-state index contributed by atoms with van der Waals surface area (Å²) >= 11 is 0. The van der Waals surface area contributed by atoms with Crippen molar-refractivity contribution in [2.24, 2.45) is 10.7 Å². The highest BCUT2D eigenvalue weighted by Gasteiger charge is 2.10. The van der Waals surface area contributed by atoms with Gasteiger partial charge in [-0.25, -0.2) is 4.98 Å².